The number of aryl methyl sites for hydroxylation is 1. The second-order valence-electron chi connectivity index (χ2n) is 5.38. The lowest BCUT2D eigenvalue weighted by Gasteiger charge is -2.34. The molecule has 1 aromatic heterocycles. The van der Waals surface area contributed by atoms with Crippen LogP contribution in [-0.4, -0.2) is 45.9 Å². The molecule has 2 unspecified atom stereocenters. The summed E-state index contributed by atoms with van der Waals surface area (Å²) in [6, 6.07) is 3.73. The summed E-state index contributed by atoms with van der Waals surface area (Å²) in [6.07, 6.45) is 0. The summed E-state index contributed by atoms with van der Waals surface area (Å²) in [4.78, 5) is 19.0. The second kappa shape index (κ2) is 6.48. The zero-order valence-electron chi connectivity index (χ0n) is 12.6. The molecule has 4 nitrogen and oxygen atoms in total. The van der Waals surface area contributed by atoms with Crippen LogP contribution in [-0.2, 0) is 0 Å². The molecule has 0 radical (unpaired) electrons. The molecule has 1 N–H and O–H groups in total. The van der Waals surface area contributed by atoms with Gasteiger partial charge in [-0.2, -0.15) is 11.8 Å². The van der Waals surface area contributed by atoms with Crippen LogP contribution in [0.5, 0.6) is 0 Å². The number of thioether (sulfide) groups is 1. The number of nitrogens with one attached hydrogen (secondary N) is 1. The minimum atomic E-state index is 0.119. The highest BCUT2D eigenvalue weighted by molar-refractivity contribution is 8.00. The molecule has 1 fully saturated rings. The average molecular weight is 293 g/mol. The summed E-state index contributed by atoms with van der Waals surface area (Å²) in [7, 11) is 0. The molecule has 1 aliphatic heterocycles. The van der Waals surface area contributed by atoms with Crippen LogP contribution >= 0.6 is 11.8 Å². The second-order valence-corrected chi connectivity index (χ2v) is 7.26. The third-order valence-electron chi connectivity index (χ3n) is 3.27. The Balaban J connectivity index is 2.19. The average Bonchev–Trinajstić information content (AvgIpc) is 2.36. The van der Waals surface area contributed by atoms with Gasteiger partial charge in [-0.15, -0.1) is 0 Å². The quantitative estimate of drug-likeness (QED) is 0.931. The van der Waals surface area contributed by atoms with Gasteiger partial charge in [0.25, 0.3) is 5.91 Å². The number of amides is 1. The number of anilines is 1. The van der Waals surface area contributed by atoms with Crippen molar-refractivity contribution < 1.29 is 4.79 Å². The Morgan fingerprint density at radius 3 is 2.65 bits per heavy atom. The number of rotatable bonds is 3. The third-order valence-corrected chi connectivity index (χ3v) is 4.49. The SMILES string of the molecule is CCNc1cc(C(=O)N2CC(C)SC(C)C2)cc(C)n1. The topological polar surface area (TPSA) is 45.2 Å². The van der Waals surface area contributed by atoms with Gasteiger partial charge in [-0.25, -0.2) is 4.98 Å². The maximum Gasteiger partial charge on any atom is 0.254 e. The zero-order chi connectivity index (χ0) is 14.7. The molecule has 1 amide bonds. The van der Waals surface area contributed by atoms with E-state index in [0.717, 1.165) is 36.7 Å². The Morgan fingerprint density at radius 2 is 2.05 bits per heavy atom. The summed E-state index contributed by atoms with van der Waals surface area (Å²) in [5.74, 6) is 0.900. The predicted molar refractivity (Wildman–Crippen MR) is 85.6 cm³/mol. The lowest BCUT2D eigenvalue weighted by molar-refractivity contribution is 0.0753. The Labute approximate surface area is 125 Å². The number of carbonyl (C=O) groups excluding carboxylic acids is 1. The highest BCUT2D eigenvalue weighted by Crippen LogP contribution is 2.26. The molecule has 0 spiro atoms. The van der Waals surface area contributed by atoms with Gasteiger partial charge < -0.3 is 10.2 Å². The van der Waals surface area contributed by atoms with Crippen LogP contribution in [0.3, 0.4) is 0 Å². The van der Waals surface area contributed by atoms with Crippen LogP contribution in [0.2, 0.25) is 0 Å². The molecular weight excluding hydrogens is 270 g/mol. The first kappa shape index (κ1) is 15.2. The van der Waals surface area contributed by atoms with Crippen LogP contribution in [0.1, 0.15) is 36.8 Å². The maximum atomic E-state index is 12.7. The molecule has 2 rings (SSSR count). The van der Waals surface area contributed by atoms with Crippen molar-refractivity contribution >= 4 is 23.5 Å². The molecule has 2 heterocycles. The zero-order valence-corrected chi connectivity index (χ0v) is 13.5. The molecule has 5 heteroatoms. The van der Waals surface area contributed by atoms with Gasteiger partial charge in [0, 0.05) is 41.4 Å². The molecule has 2 atom stereocenters. The van der Waals surface area contributed by atoms with Crippen molar-refractivity contribution in [3.8, 4) is 0 Å². The van der Waals surface area contributed by atoms with Gasteiger partial charge in [-0.05, 0) is 26.0 Å². The largest absolute Gasteiger partial charge is 0.370 e. The molecule has 0 bridgehead atoms. The van der Waals surface area contributed by atoms with Gasteiger partial charge in [-0.3, -0.25) is 4.79 Å². The normalized spacial score (nSPS) is 22.7. The first-order chi connectivity index (χ1) is 9.49. The monoisotopic (exact) mass is 293 g/mol. The molecule has 1 saturated heterocycles. The highest BCUT2D eigenvalue weighted by Gasteiger charge is 2.26. The molecule has 0 aliphatic carbocycles. The van der Waals surface area contributed by atoms with Crippen LogP contribution < -0.4 is 5.32 Å². The van der Waals surface area contributed by atoms with E-state index < -0.39 is 0 Å². The van der Waals surface area contributed by atoms with Crippen molar-refractivity contribution in [3.05, 3.63) is 23.4 Å². The van der Waals surface area contributed by atoms with E-state index in [9.17, 15) is 4.79 Å². The fourth-order valence-corrected chi connectivity index (χ4v) is 3.92. The van der Waals surface area contributed by atoms with Crippen LogP contribution in [0.15, 0.2) is 12.1 Å². The van der Waals surface area contributed by atoms with Gasteiger partial charge in [0.1, 0.15) is 5.82 Å². The number of aromatic nitrogens is 1. The molecule has 1 aliphatic rings. The number of carbonyl (C=O) groups is 1. The minimum Gasteiger partial charge on any atom is -0.370 e. The number of nitrogens with zero attached hydrogens (tertiary/aromatic N) is 2. The van der Waals surface area contributed by atoms with Crippen LogP contribution in [0.25, 0.3) is 0 Å². The van der Waals surface area contributed by atoms with Crippen molar-refractivity contribution in [3.63, 3.8) is 0 Å². The molecular formula is C15H23N3OS. The van der Waals surface area contributed by atoms with Crippen molar-refractivity contribution in [2.45, 2.75) is 38.2 Å². The van der Waals surface area contributed by atoms with Gasteiger partial charge in [-0.1, -0.05) is 13.8 Å². The van der Waals surface area contributed by atoms with Gasteiger partial charge in [0.15, 0.2) is 0 Å². The van der Waals surface area contributed by atoms with Crippen LogP contribution in [0.4, 0.5) is 5.82 Å². The Bertz CT molecular complexity index is 482. The van der Waals surface area contributed by atoms with E-state index in [4.69, 9.17) is 0 Å². The number of hydrogen-bond donors (Lipinski definition) is 1. The van der Waals surface area contributed by atoms with E-state index in [1.165, 1.54) is 0 Å². The van der Waals surface area contributed by atoms with Gasteiger partial charge in [0.05, 0.1) is 0 Å². The van der Waals surface area contributed by atoms with E-state index in [1.54, 1.807) is 0 Å². The lowest BCUT2D eigenvalue weighted by atomic mass is 10.1. The van der Waals surface area contributed by atoms with Crippen molar-refractivity contribution in [1.82, 2.24) is 9.88 Å². The molecule has 0 aromatic carbocycles. The number of hydrogen-bond acceptors (Lipinski definition) is 4. The summed E-state index contributed by atoms with van der Waals surface area (Å²) >= 11 is 1.95. The minimum absolute atomic E-state index is 0.119. The molecule has 110 valence electrons. The Hall–Kier alpha value is -1.23. The molecule has 0 saturated carbocycles. The predicted octanol–water partition coefficient (Wildman–Crippen LogP) is 2.79. The van der Waals surface area contributed by atoms with Crippen LogP contribution in [0, 0.1) is 6.92 Å². The van der Waals surface area contributed by atoms with Gasteiger partial charge >= 0.3 is 0 Å². The van der Waals surface area contributed by atoms with Crippen molar-refractivity contribution in [1.29, 1.82) is 0 Å². The standard InChI is InChI=1S/C15H23N3OS/c1-5-16-14-7-13(6-10(2)17-14)15(19)18-8-11(3)20-12(4)9-18/h6-7,11-12H,5,8-9H2,1-4H3,(H,16,17). The first-order valence-corrected chi connectivity index (χ1v) is 8.11. The Morgan fingerprint density at radius 1 is 1.40 bits per heavy atom. The summed E-state index contributed by atoms with van der Waals surface area (Å²) in [5.41, 5.74) is 1.61. The smallest absolute Gasteiger partial charge is 0.254 e. The molecule has 20 heavy (non-hydrogen) atoms. The lowest BCUT2D eigenvalue weighted by Crippen LogP contribution is -2.44. The van der Waals surface area contributed by atoms with Crippen molar-refractivity contribution in [2.24, 2.45) is 0 Å². The fourth-order valence-electron chi connectivity index (χ4n) is 2.59. The van der Waals surface area contributed by atoms with E-state index in [-0.39, 0.29) is 5.91 Å². The summed E-state index contributed by atoms with van der Waals surface area (Å²) in [6.45, 7) is 10.8. The first-order valence-electron chi connectivity index (χ1n) is 7.17. The summed E-state index contributed by atoms with van der Waals surface area (Å²) in [5, 5.41) is 4.18. The Kier molecular flexibility index (Phi) is 4.91. The highest BCUT2D eigenvalue weighted by atomic mass is 32.2. The van der Waals surface area contributed by atoms with E-state index in [1.807, 2.05) is 42.6 Å². The van der Waals surface area contributed by atoms with Crippen molar-refractivity contribution in [2.75, 3.05) is 25.0 Å². The van der Waals surface area contributed by atoms with E-state index in [0.29, 0.717) is 10.5 Å². The third kappa shape index (κ3) is 3.66. The maximum absolute atomic E-state index is 12.7. The fraction of sp³-hybridized carbons (Fsp3) is 0.600. The molecule has 1 aromatic rings. The van der Waals surface area contributed by atoms with E-state index >= 15 is 0 Å². The van der Waals surface area contributed by atoms with Gasteiger partial charge in [0.2, 0.25) is 0 Å². The van der Waals surface area contributed by atoms with E-state index in [2.05, 4.69) is 24.1 Å². The number of pyridine rings is 1. The summed E-state index contributed by atoms with van der Waals surface area (Å²) < 4.78 is 0.